The van der Waals surface area contributed by atoms with Crippen molar-refractivity contribution >= 4 is 12.0 Å². The molecule has 0 saturated heterocycles. The zero-order valence-corrected chi connectivity index (χ0v) is 13.1. The number of carbonyl (C=O) groups excluding carboxylic acids is 1. The molecule has 2 aromatic carbocycles. The van der Waals surface area contributed by atoms with Gasteiger partial charge >= 0.3 is 6.61 Å². The van der Waals surface area contributed by atoms with E-state index in [4.69, 9.17) is 4.74 Å². The fourth-order valence-electron chi connectivity index (χ4n) is 1.94. The number of benzene rings is 2. The molecule has 0 bridgehead atoms. The van der Waals surface area contributed by atoms with Crippen molar-refractivity contribution in [2.24, 2.45) is 0 Å². The second-order valence-corrected chi connectivity index (χ2v) is 4.82. The summed E-state index contributed by atoms with van der Waals surface area (Å²) < 4.78 is 47.5. The van der Waals surface area contributed by atoms with Crippen LogP contribution in [0, 0.1) is 5.82 Å². The minimum atomic E-state index is -2.95. The van der Waals surface area contributed by atoms with Crippen LogP contribution in [-0.4, -0.2) is 25.7 Å². The third-order valence-corrected chi connectivity index (χ3v) is 3.04. The Hall–Kier alpha value is -2.96. The monoisotopic (exact) mass is 351 g/mol. The van der Waals surface area contributed by atoms with Crippen LogP contribution >= 0.6 is 0 Å². The fraction of sp³-hybridized carbons (Fsp3) is 0.167. The van der Waals surface area contributed by atoms with Crippen LogP contribution in [0.5, 0.6) is 11.5 Å². The van der Waals surface area contributed by atoms with Crippen molar-refractivity contribution in [3.05, 3.63) is 66.0 Å². The van der Waals surface area contributed by atoms with Gasteiger partial charge in [-0.1, -0.05) is 30.3 Å². The topological polar surface area (TPSA) is 47.6 Å². The summed E-state index contributed by atoms with van der Waals surface area (Å²) in [5.41, 5.74) is 0.348. The molecule has 0 fully saturated rings. The van der Waals surface area contributed by atoms with Crippen LogP contribution in [0.25, 0.3) is 6.08 Å². The van der Waals surface area contributed by atoms with Gasteiger partial charge in [0, 0.05) is 11.6 Å². The molecule has 2 aromatic rings. The summed E-state index contributed by atoms with van der Waals surface area (Å²) in [7, 11) is 0. The lowest BCUT2D eigenvalue weighted by Crippen LogP contribution is -2.26. The van der Waals surface area contributed by atoms with Crippen LogP contribution in [0.1, 0.15) is 5.56 Å². The first kappa shape index (κ1) is 18.4. The zero-order chi connectivity index (χ0) is 18.1. The van der Waals surface area contributed by atoms with E-state index in [1.165, 1.54) is 30.4 Å². The maximum absolute atomic E-state index is 13.3. The standard InChI is InChI=1S/C18H16F3NO3/c19-14-6-2-4-8-16(14)24-12-11-22-17(23)10-9-13-5-1-3-7-15(13)25-18(20)21/h1-10,18H,11-12H2,(H,22,23)/b10-9+. The second-order valence-electron chi connectivity index (χ2n) is 4.82. The lowest BCUT2D eigenvalue weighted by Gasteiger charge is -2.08. The van der Waals surface area contributed by atoms with Crippen LogP contribution in [-0.2, 0) is 4.79 Å². The molecule has 0 saturated carbocycles. The number of rotatable bonds is 8. The van der Waals surface area contributed by atoms with Crippen molar-refractivity contribution in [1.29, 1.82) is 0 Å². The smallest absolute Gasteiger partial charge is 0.387 e. The third kappa shape index (κ3) is 6.21. The Morgan fingerprint density at radius 3 is 2.48 bits per heavy atom. The summed E-state index contributed by atoms with van der Waals surface area (Å²) in [6.45, 7) is -2.70. The first-order valence-electron chi connectivity index (χ1n) is 7.43. The van der Waals surface area contributed by atoms with Gasteiger partial charge in [0.1, 0.15) is 12.4 Å². The minimum absolute atomic E-state index is 0.0237. The fourth-order valence-corrected chi connectivity index (χ4v) is 1.94. The van der Waals surface area contributed by atoms with Gasteiger partial charge in [0.2, 0.25) is 5.91 Å². The summed E-state index contributed by atoms with van der Waals surface area (Å²) in [5, 5.41) is 2.54. The van der Waals surface area contributed by atoms with Crippen LogP contribution in [0.4, 0.5) is 13.2 Å². The Labute approximate surface area is 142 Å². The van der Waals surface area contributed by atoms with Crippen molar-refractivity contribution in [3.63, 3.8) is 0 Å². The number of amides is 1. The SMILES string of the molecule is O=C(/C=C/c1ccccc1OC(F)F)NCCOc1ccccc1F. The van der Waals surface area contributed by atoms with Crippen molar-refractivity contribution in [2.45, 2.75) is 6.61 Å². The maximum Gasteiger partial charge on any atom is 0.387 e. The molecule has 0 aliphatic carbocycles. The number of hydrogen-bond acceptors (Lipinski definition) is 3. The van der Waals surface area contributed by atoms with E-state index in [1.807, 2.05) is 0 Å². The van der Waals surface area contributed by atoms with Crippen molar-refractivity contribution in [3.8, 4) is 11.5 Å². The van der Waals surface area contributed by atoms with Crippen LogP contribution < -0.4 is 14.8 Å². The third-order valence-electron chi connectivity index (χ3n) is 3.04. The molecule has 0 aliphatic rings. The Kier molecular flexibility index (Phi) is 6.88. The molecule has 1 amide bonds. The summed E-state index contributed by atoms with van der Waals surface area (Å²) in [6.07, 6.45) is 2.56. The van der Waals surface area contributed by atoms with Gasteiger partial charge in [-0.15, -0.1) is 0 Å². The van der Waals surface area contributed by atoms with Gasteiger partial charge in [0.25, 0.3) is 0 Å². The Morgan fingerprint density at radius 1 is 1.08 bits per heavy atom. The van der Waals surface area contributed by atoms with E-state index in [0.29, 0.717) is 5.56 Å². The molecule has 25 heavy (non-hydrogen) atoms. The molecule has 0 heterocycles. The quantitative estimate of drug-likeness (QED) is 0.584. The molecule has 7 heteroatoms. The predicted molar refractivity (Wildman–Crippen MR) is 87.0 cm³/mol. The zero-order valence-electron chi connectivity index (χ0n) is 13.1. The summed E-state index contributed by atoms with van der Waals surface area (Å²) in [4.78, 5) is 11.7. The van der Waals surface area contributed by atoms with Crippen molar-refractivity contribution < 1.29 is 27.4 Å². The number of nitrogens with one attached hydrogen (secondary N) is 1. The maximum atomic E-state index is 13.3. The normalized spacial score (nSPS) is 10.9. The van der Waals surface area contributed by atoms with Gasteiger partial charge in [-0.25, -0.2) is 4.39 Å². The molecule has 4 nitrogen and oxygen atoms in total. The average molecular weight is 351 g/mol. The van der Waals surface area contributed by atoms with Gasteiger partial charge in [-0.3, -0.25) is 4.79 Å². The van der Waals surface area contributed by atoms with Gasteiger partial charge in [0.15, 0.2) is 11.6 Å². The molecule has 2 rings (SSSR count). The Morgan fingerprint density at radius 2 is 1.76 bits per heavy atom. The Balaban J connectivity index is 1.80. The first-order valence-corrected chi connectivity index (χ1v) is 7.43. The molecular formula is C18H16F3NO3. The lowest BCUT2D eigenvalue weighted by molar-refractivity contribution is -0.116. The molecule has 132 valence electrons. The number of hydrogen-bond donors (Lipinski definition) is 1. The first-order chi connectivity index (χ1) is 12.1. The highest BCUT2D eigenvalue weighted by Gasteiger charge is 2.07. The van der Waals surface area contributed by atoms with Gasteiger partial charge < -0.3 is 14.8 Å². The van der Waals surface area contributed by atoms with E-state index in [2.05, 4.69) is 10.1 Å². The molecule has 0 atom stereocenters. The molecule has 0 aromatic heterocycles. The van der Waals surface area contributed by atoms with E-state index in [0.717, 1.165) is 0 Å². The number of halogens is 3. The molecule has 0 radical (unpaired) electrons. The summed E-state index contributed by atoms with van der Waals surface area (Å²) in [5.74, 6) is -0.844. The minimum Gasteiger partial charge on any atom is -0.489 e. The van der Waals surface area contributed by atoms with Crippen molar-refractivity contribution in [1.82, 2.24) is 5.32 Å². The predicted octanol–water partition coefficient (Wildman–Crippen LogP) is 3.64. The Bertz CT molecular complexity index is 735. The molecule has 0 spiro atoms. The highest BCUT2D eigenvalue weighted by molar-refractivity contribution is 5.92. The summed E-state index contributed by atoms with van der Waals surface area (Å²) >= 11 is 0. The number of para-hydroxylation sites is 2. The molecule has 0 aliphatic heterocycles. The van der Waals surface area contributed by atoms with Crippen LogP contribution in [0.15, 0.2) is 54.6 Å². The molecule has 1 N–H and O–H groups in total. The van der Waals surface area contributed by atoms with E-state index >= 15 is 0 Å². The molecular weight excluding hydrogens is 335 g/mol. The number of ether oxygens (including phenoxy) is 2. The van der Waals surface area contributed by atoms with Crippen LogP contribution in [0.2, 0.25) is 0 Å². The summed E-state index contributed by atoms with van der Waals surface area (Å²) in [6, 6.07) is 12.1. The van der Waals surface area contributed by atoms with E-state index in [1.54, 1.807) is 30.3 Å². The average Bonchev–Trinajstić information content (AvgIpc) is 2.59. The number of alkyl halides is 2. The van der Waals surface area contributed by atoms with E-state index < -0.39 is 18.3 Å². The van der Waals surface area contributed by atoms with E-state index in [-0.39, 0.29) is 24.7 Å². The molecule has 0 unspecified atom stereocenters. The van der Waals surface area contributed by atoms with E-state index in [9.17, 15) is 18.0 Å². The lowest BCUT2D eigenvalue weighted by atomic mass is 10.2. The van der Waals surface area contributed by atoms with Gasteiger partial charge in [-0.05, 0) is 24.3 Å². The van der Waals surface area contributed by atoms with Gasteiger partial charge in [0.05, 0.1) is 6.54 Å². The highest BCUT2D eigenvalue weighted by atomic mass is 19.3. The van der Waals surface area contributed by atoms with Crippen LogP contribution in [0.3, 0.4) is 0 Å². The van der Waals surface area contributed by atoms with Crippen molar-refractivity contribution in [2.75, 3.05) is 13.2 Å². The largest absolute Gasteiger partial charge is 0.489 e. The number of carbonyl (C=O) groups is 1. The van der Waals surface area contributed by atoms with Gasteiger partial charge in [-0.2, -0.15) is 8.78 Å². The highest BCUT2D eigenvalue weighted by Crippen LogP contribution is 2.21. The second kappa shape index (κ2) is 9.36.